The van der Waals surface area contributed by atoms with Crippen molar-refractivity contribution >= 4 is 5.97 Å². The summed E-state index contributed by atoms with van der Waals surface area (Å²) in [6.07, 6.45) is 9.76. The molecule has 2 atom stereocenters. The molecule has 2 aliphatic heterocycles. The van der Waals surface area contributed by atoms with E-state index in [0.29, 0.717) is 18.9 Å². The Labute approximate surface area is 109 Å². The minimum atomic E-state index is -0.232. The molecule has 0 aromatic carbocycles. The van der Waals surface area contributed by atoms with Crippen LogP contribution in [0.4, 0.5) is 0 Å². The van der Waals surface area contributed by atoms with Gasteiger partial charge in [0.2, 0.25) is 0 Å². The topological polar surface area (TPSA) is 41.6 Å². The molecule has 100 valence electrons. The third kappa shape index (κ3) is 2.43. The van der Waals surface area contributed by atoms with Crippen molar-refractivity contribution < 1.29 is 9.53 Å². The van der Waals surface area contributed by atoms with E-state index in [1.54, 1.807) is 0 Å². The van der Waals surface area contributed by atoms with Crippen LogP contribution >= 0.6 is 0 Å². The molecule has 0 amide bonds. The third-order valence-electron chi connectivity index (χ3n) is 3.96. The third-order valence-corrected chi connectivity index (χ3v) is 3.96. The van der Waals surface area contributed by atoms with Crippen molar-refractivity contribution in [2.24, 2.45) is 5.92 Å². The quantitative estimate of drug-likeness (QED) is 0.764. The molecule has 1 fully saturated rings. The first-order valence-electron chi connectivity index (χ1n) is 6.64. The number of hydrogen-bond donors (Lipinski definition) is 1. The second kappa shape index (κ2) is 5.57. The maximum absolute atomic E-state index is 11.9. The molecule has 18 heavy (non-hydrogen) atoms. The largest absolute Gasteiger partial charge is 0.466 e. The first-order chi connectivity index (χ1) is 8.69. The highest BCUT2D eigenvalue weighted by atomic mass is 16.5. The Balaban J connectivity index is 2.19. The highest BCUT2D eigenvalue weighted by Gasteiger charge is 2.43. The zero-order chi connectivity index (χ0) is 13.0. The first kappa shape index (κ1) is 13.1. The van der Waals surface area contributed by atoms with E-state index < -0.39 is 0 Å². The van der Waals surface area contributed by atoms with Gasteiger partial charge >= 0.3 is 5.97 Å². The van der Waals surface area contributed by atoms with E-state index in [1.165, 1.54) is 0 Å². The average Bonchev–Trinajstić information content (AvgIpc) is 2.86. The average molecular weight is 250 g/mol. The zero-order valence-electron chi connectivity index (χ0n) is 11.2. The van der Waals surface area contributed by atoms with Gasteiger partial charge in [-0.05, 0) is 38.1 Å². The molecule has 0 saturated carbocycles. The van der Waals surface area contributed by atoms with Crippen molar-refractivity contribution in [1.82, 2.24) is 10.2 Å². The lowest BCUT2D eigenvalue weighted by molar-refractivity contribution is -0.146. The van der Waals surface area contributed by atoms with Gasteiger partial charge in [-0.3, -0.25) is 4.79 Å². The van der Waals surface area contributed by atoms with Crippen LogP contribution in [0.3, 0.4) is 0 Å². The predicted octanol–water partition coefficient (Wildman–Crippen LogP) is 1.30. The van der Waals surface area contributed by atoms with Gasteiger partial charge in [0.25, 0.3) is 0 Å². The molecule has 0 bridgehead atoms. The Kier molecular flexibility index (Phi) is 4.07. The molecule has 0 spiro atoms. The molecule has 1 saturated heterocycles. The molecule has 0 aliphatic carbocycles. The number of hydrogen-bond acceptors (Lipinski definition) is 4. The molecule has 0 radical (unpaired) electrons. The summed E-state index contributed by atoms with van der Waals surface area (Å²) in [6.45, 7) is 4.28. The number of likely N-dealkylation sites (N-methyl/N-ethyl adjacent to an activating group) is 1. The second-order valence-corrected chi connectivity index (χ2v) is 4.97. The number of carbonyl (C=O) groups is 1. The monoisotopic (exact) mass is 250 g/mol. The summed E-state index contributed by atoms with van der Waals surface area (Å²) in [4.78, 5) is 14.0. The van der Waals surface area contributed by atoms with Crippen LogP contribution in [0.15, 0.2) is 24.4 Å². The molecule has 0 aromatic heterocycles. The molecule has 2 rings (SSSR count). The summed E-state index contributed by atoms with van der Waals surface area (Å²) in [7, 11) is 2.04. The fraction of sp³-hybridized carbons (Fsp3) is 0.643. The number of esters is 1. The van der Waals surface area contributed by atoms with Crippen molar-refractivity contribution in [3.05, 3.63) is 24.4 Å². The van der Waals surface area contributed by atoms with E-state index >= 15 is 0 Å². The lowest BCUT2D eigenvalue weighted by Gasteiger charge is -2.44. The van der Waals surface area contributed by atoms with Crippen LogP contribution in [-0.4, -0.2) is 43.2 Å². The van der Waals surface area contributed by atoms with Gasteiger partial charge in [-0.25, -0.2) is 0 Å². The molecule has 4 heteroatoms. The summed E-state index contributed by atoms with van der Waals surface area (Å²) in [5, 5.41) is 3.38. The number of rotatable bonds is 4. The number of nitrogens with zero attached hydrogens (tertiary/aromatic N) is 1. The highest BCUT2D eigenvalue weighted by Crippen LogP contribution is 2.36. The Bertz CT molecular complexity index is 359. The van der Waals surface area contributed by atoms with Gasteiger partial charge in [-0.2, -0.15) is 0 Å². The van der Waals surface area contributed by atoms with Crippen molar-refractivity contribution in [1.29, 1.82) is 0 Å². The standard InChI is InChI=1S/C14H22N2O2/c1-3-18-13(17)10-14(12-6-8-15-11-12)7-4-5-9-16(14)2/h4-5,7,9,12,15H,3,6,8,10-11H2,1-2H3. The van der Waals surface area contributed by atoms with E-state index in [2.05, 4.69) is 16.3 Å². The molecule has 2 heterocycles. The molecule has 0 aromatic rings. The molecule has 4 nitrogen and oxygen atoms in total. The molecular weight excluding hydrogens is 228 g/mol. The SMILES string of the molecule is CCOC(=O)CC1(C2CCNC2)C=CC=CN1C. The Morgan fingerprint density at radius 1 is 1.56 bits per heavy atom. The predicted molar refractivity (Wildman–Crippen MR) is 71.0 cm³/mol. The maximum atomic E-state index is 11.9. The summed E-state index contributed by atoms with van der Waals surface area (Å²) >= 11 is 0. The second-order valence-electron chi connectivity index (χ2n) is 4.97. The number of allylic oxidation sites excluding steroid dienone is 2. The van der Waals surface area contributed by atoms with Crippen molar-refractivity contribution in [2.45, 2.75) is 25.3 Å². The van der Waals surface area contributed by atoms with Crippen LogP contribution in [-0.2, 0) is 9.53 Å². The van der Waals surface area contributed by atoms with Crippen LogP contribution in [0, 0.1) is 5.92 Å². The van der Waals surface area contributed by atoms with Crippen LogP contribution in [0.25, 0.3) is 0 Å². The van der Waals surface area contributed by atoms with Gasteiger partial charge < -0.3 is 15.0 Å². The lowest BCUT2D eigenvalue weighted by atomic mass is 9.78. The van der Waals surface area contributed by atoms with Gasteiger partial charge in [0, 0.05) is 13.6 Å². The molecule has 1 N–H and O–H groups in total. The van der Waals surface area contributed by atoms with E-state index in [9.17, 15) is 4.79 Å². The van der Waals surface area contributed by atoms with Crippen LogP contribution < -0.4 is 5.32 Å². The minimum absolute atomic E-state index is 0.115. The zero-order valence-corrected chi connectivity index (χ0v) is 11.2. The first-order valence-corrected chi connectivity index (χ1v) is 6.64. The molecular formula is C14H22N2O2. The number of nitrogens with one attached hydrogen (secondary N) is 1. The fourth-order valence-corrected chi connectivity index (χ4v) is 2.93. The van der Waals surface area contributed by atoms with Gasteiger partial charge in [0.05, 0.1) is 18.6 Å². The van der Waals surface area contributed by atoms with E-state index in [4.69, 9.17) is 4.74 Å². The Morgan fingerprint density at radius 3 is 3.00 bits per heavy atom. The van der Waals surface area contributed by atoms with E-state index in [-0.39, 0.29) is 11.5 Å². The van der Waals surface area contributed by atoms with Crippen LogP contribution in [0.5, 0.6) is 0 Å². The van der Waals surface area contributed by atoms with Crippen molar-refractivity contribution in [2.75, 3.05) is 26.7 Å². The normalized spacial score (nSPS) is 30.8. The number of carbonyl (C=O) groups excluding carboxylic acids is 1. The van der Waals surface area contributed by atoms with Crippen LogP contribution in [0.2, 0.25) is 0 Å². The summed E-state index contributed by atoms with van der Waals surface area (Å²) in [5.41, 5.74) is -0.232. The van der Waals surface area contributed by atoms with Gasteiger partial charge in [-0.15, -0.1) is 0 Å². The lowest BCUT2D eigenvalue weighted by Crippen LogP contribution is -2.51. The minimum Gasteiger partial charge on any atom is -0.466 e. The smallest absolute Gasteiger partial charge is 0.308 e. The van der Waals surface area contributed by atoms with E-state index in [1.807, 2.05) is 32.3 Å². The highest BCUT2D eigenvalue weighted by molar-refractivity contribution is 5.71. The Morgan fingerprint density at radius 2 is 2.39 bits per heavy atom. The summed E-state index contributed by atoms with van der Waals surface area (Å²) < 4.78 is 5.13. The molecule has 2 unspecified atom stereocenters. The molecule has 2 aliphatic rings. The maximum Gasteiger partial charge on any atom is 0.308 e. The summed E-state index contributed by atoms with van der Waals surface area (Å²) in [5.74, 6) is 0.337. The van der Waals surface area contributed by atoms with Crippen molar-refractivity contribution in [3.8, 4) is 0 Å². The van der Waals surface area contributed by atoms with Gasteiger partial charge in [0.1, 0.15) is 0 Å². The van der Waals surface area contributed by atoms with E-state index in [0.717, 1.165) is 19.5 Å². The van der Waals surface area contributed by atoms with Gasteiger partial charge in [-0.1, -0.05) is 12.2 Å². The number of ether oxygens (including phenoxy) is 1. The van der Waals surface area contributed by atoms with Crippen LogP contribution in [0.1, 0.15) is 19.8 Å². The van der Waals surface area contributed by atoms with Crippen molar-refractivity contribution in [3.63, 3.8) is 0 Å². The summed E-state index contributed by atoms with van der Waals surface area (Å²) in [6, 6.07) is 0. The Hall–Kier alpha value is -1.29. The fourth-order valence-electron chi connectivity index (χ4n) is 2.93. The van der Waals surface area contributed by atoms with Gasteiger partial charge in [0.15, 0.2) is 0 Å².